The molecule has 1 saturated carbocycles. The SMILES string of the molecule is Cc1cc(C)nc(SC2=C(NC3CCCCCC3)C(=O)N(Cc3ccc(Cl)cc3)C2=O)n1. The van der Waals surface area contributed by atoms with Gasteiger partial charge in [-0.15, -0.1) is 0 Å². The molecule has 32 heavy (non-hydrogen) atoms. The van der Waals surface area contributed by atoms with E-state index in [-0.39, 0.29) is 24.4 Å². The van der Waals surface area contributed by atoms with Crippen molar-refractivity contribution in [2.24, 2.45) is 0 Å². The number of thioether (sulfide) groups is 1. The molecule has 0 radical (unpaired) electrons. The van der Waals surface area contributed by atoms with E-state index in [1.165, 1.54) is 29.5 Å². The molecule has 0 atom stereocenters. The Labute approximate surface area is 197 Å². The van der Waals surface area contributed by atoms with Gasteiger partial charge in [-0.1, -0.05) is 49.4 Å². The molecular weight excluding hydrogens is 444 g/mol. The molecule has 0 bridgehead atoms. The molecule has 1 aromatic carbocycles. The molecule has 0 spiro atoms. The van der Waals surface area contributed by atoms with Crippen molar-refractivity contribution in [1.82, 2.24) is 20.2 Å². The van der Waals surface area contributed by atoms with Crippen molar-refractivity contribution in [2.45, 2.75) is 70.1 Å². The number of benzene rings is 1. The van der Waals surface area contributed by atoms with Gasteiger partial charge in [0.1, 0.15) is 10.6 Å². The highest BCUT2D eigenvalue weighted by Gasteiger charge is 2.40. The van der Waals surface area contributed by atoms with Gasteiger partial charge in [0.25, 0.3) is 11.8 Å². The van der Waals surface area contributed by atoms with Crippen molar-refractivity contribution in [2.75, 3.05) is 0 Å². The van der Waals surface area contributed by atoms with Gasteiger partial charge in [-0.3, -0.25) is 14.5 Å². The normalized spacial score (nSPS) is 17.8. The first kappa shape index (κ1) is 22.8. The van der Waals surface area contributed by atoms with Crippen LogP contribution in [0.2, 0.25) is 5.02 Å². The average molecular weight is 471 g/mol. The van der Waals surface area contributed by atoms with Crippen LogP contribution in [0, 0.1) is 13.8 Å². The Morgan fingerprint density at radius 2 is 1.62 bits per heavy atom. The van der Waals surface area contributed by atoms with Crippen molar-refractivity contribution in [3.63, 3.8) is 0 Å². The van der Waals surface area contributed by atoms with E-state index in [1.807, 2.05) is 32.0 Å². The van der Waals surface area contributed by atoms with Gasteiger partial charge in [0.2, 0.25) is 0 Å². The third-order valence-electron chi connectivity index (χ3n) is 5.74. The zero-order valence-electron chi connectivity index (χ0n) is 18.4. The Balaban J connectivity index is 1.63. The first-order valence-electron chi connectivity index (χ1n) is 11.0. The highest BCUT2D eigenvalue weighted by Crippen LogP contribution is 2.34. The topological polar surface area (TPSA) is 75.2 Å². The van der Waals surface area contributed by atoms with Gasteiger partial charge in [0.05, 0.1) is 6.54 Å². The number of carbonyl (C=O) groups is 2. The second-order valence-corrected chi connectivity index (χ2v) is 9.81. The number of imide groups is 1. The van der Waals surface area contributed by atoms with E-state index in [2.05, 4.69) is 15.3 Å². The summed E-state index contributed by atoms with van der Waals surface area (Å²) in [5.41, 5.74) is 2.88. The Morgan fingerprint density at radius 1 is 1.00 bits per heavy atom. The first-order valence-corrected chi connectivity index (χ1v) is 12.2. The molecule has 4 rings (SSSR count). The summed E-state index contributed by atoms with van der Waals surface area (Å²) in [6, 6.07) is 9.27. The number of aromatic nitrogens is 2. The predicted molar refractivity (Wildman–Crippen MR) is 126 cm³/mol. The summed E-state index contributed by atoms with van der Waals surface area (Å²) in [6.07, 6.45) is 6.68. The number of nitrogens with zero attached hydrogens (tertiary/aromatic N) is 3. The summed E-state index contributed by atoms with van der Waals surface area (Å²) >= 11 is 7.16. The van der Waals surface area contributed by atoms with Crippen LogP contribution in [0.4, 0.5) is 0 Å². The zero-order chi connectivity index (χ0) is 22.7. The van der Waals surface area contributed by atoms with Crippen LogP contribution in [0.15, 0.2) is 46.1 Å². The number of carbonyl (C=O) groups excluding carboxylic acids is 2. The second kappa shape index (κ2) is 10.0. The number of nitrogens with one attached hydrogen (secondary N) is 1. The highest BCUT2D eigenvalue weighted by atomic mass is 35.5. The Bertz CT molecular complexity index is 1030. The molecular formula is C24H27ClN4O2S. The van der Waals surface area contributed by atoms with Crippen molar-refractivity contribution in [3.05, 3.63) is 62.9 Å². The van der Waals surface area contributed by atoms with E-state index < -0.39 is 0 Å². The first-order chi connectivity index (χ1) is 15.4. The number of halogens is 1. The van der Waals surface area contributed by atoms with Gasteiger partial charge in [0, 0.05) is 22.5 Å². The van der Waals surface area contributed by atoms with Crippen LogP contribution < -0.4 is 5.32 Å². The molecule has 1 aliphatic carbocycles. The Hall–Kier alpha value is -2.38. The average Bonchev–Trinajstić information content (AvgIpc) is 2.94. The van der Waals surface area contributed by atoms with Crippen LogP contribution in [0.1, 0.15) is 55.5 Å². The monoisotopic (exact) mass is 470 g/mol. The van der Waals surface area contributed by atoms with E-state index in [1.54, 1.807) is 12.1 Å². The van der Waals surface area contributed by atoms with E-state index in [4.69, 9.17) is 11.6 Å². The predicted octanol–water partition coefficient (Wildman–Crippen LogP) is 4.93. The van der Waals surface area contributed by atoms with Crippen LogP contribution in [-0.4, -0.2) is 32.7 Å². The fourth-order valence-electron chi connectivity index (χ4n) is 4.15. The molecule has 6 nitrogen and oxygen atoms in total. The van der Waals surface area contributed by atoms with Gasteiger partial charge in [0.15, 0.2) is 5.16 Å². The minimum atomic E-state index is -0.311. The highest BCUT2D eigenvalue weighted by molar-refractivity contribution is 8.04. The summed E-state index contributed by atoms with van der Waals surface area (Å²) < 4.78 is 0. The van der Waals surface area contributed by atoms with E-state index >= 15 is 0 Å². The lowest BCUT2D eigenvalue weighted by Gasteiger charge is -2.19. The number of hydrogen-bond acceptors (Lipinski definition) is 6. The third kappa shape index (κ3) is 5.33. The van der Waals surface area contributed by atoms with Gasteiger partial charge in [-0.05, 0) is 62.2 Å². The van der Waals surface area contributed by atoms with Crippen molar-refractivity contribution < 1.29 is 9.59 Å². The molecule has 2 aliphatic rings. The summed E-state index contributed by atoms with van der Waals surface area (Å²) in [5, 5.41) is 4.53. The lowest BCUT2D eigenvalue weighted by atomic mass is 10.1. The van der Waals surface area contributed by atoms with E-state index in [0.717, 1.165) is 42.6 Å². The molecule has 2 amide bonds. The van der Waals surface area contributed by atoms with Crippen LogP contribution in [0.5, 0.6) is 0 Å². The maximum absolute atomic E-state index is 13.4. The Kier molecular flexibility index (Phi) is 7.16. The summed E-state index contributed by atoms with van der Waals surface area (Å²) in [5.74, 6) is -0.602. The molecule has 8 heteroatoms. The quantitative estimate of drug-likeness (QED) is 0.366. The van der Waals surface area contributed by atoms with Crippen LogP contribution in [0.25, 0.3) is 0 Å². The largest absolute Gasteiger partial charge is 0.377 e. The fourth-order valence-corrected chi connectivity index (χ4v) is 5.28. The van der Waals surface area contributed by atoms with E-state index in [0.29, 0.717) is 20.8 Å². The second-order valence-electron chi connectivity index (χ2n) is 8.40. The standard InChI is InChI=1S/C24H27ClN4O2S/c1-15-13-16(2)27-24(26-15)32-21-20(28-19-7-5-3-4-6-8-19)22(30)29(23(21)31)14-17-9-11-18(25)12-10-17/h9-13,19,28H,3-8,14H2,1-2H3. The number of hydrogen-bond donors (Lipinski definition) is 1. The van der Waals surface area contributed by atoms with Crippen molar-refractivity contribution >= 4 is 35.2 Å². The molecule has 168 valence electrons. The van der Waals surface area contributed by atoms with E-state index in [9.17, 15) is 9.59 Å². The molecule has 0 saturated heterocycles. The van der Waals surface area contributed by atoms with Crippen LogP contribution in [0.3, 0.4) is 0 Å². The maximum Gasteiger partial charge on any atom is 0.278 e. The zero-order valence-corrected chi connectivity index (χ0v) is 19.9. The van der Waals surface area contributed by atoms with Crippen molar-refractivity contribution in [1.29, 1.82) is 0 Å². The minimum Gasteiger partial charge on any atom is -0.377 e. The van der Waals surface area contributed by atoms with Gasteiger partial charge in [-0.25, -0.2) is 9.97 Å². The Morgan fingerprint density at radius 3 is 2.25 bits per heavy atom. The number of rotatable bonds is 6. The van der Waals surface area contributed by atoms with Gasteiger partial charge < -0.3 is 5.32 Å². The lowest BCUT2D eigenvalue weighted by molar-refractivity contribution is -0.138. The molecule has 1 fully saturated rings. The van der Waals surface area contributed by atoms with Gasteiger partial charge in [-0.2, -0.15) is 0 Å². The summed E-state index contributed by atoms with van der Waals surface area (Å²) in [4.78, 5) is 37.4. The smallest absolute Gasteiger partial charge is 0.278 e. The third-order valence-corrected chi connectivity index (χ3v) is 6.94. The summed E-state index contributed by atoms with van der Waals surface area (Å²) in [7, 11) is 0. The molecule has 1 aromatic heterocycles. The number of aryl methyl sites for hydroxylation is 2. The van der Waals surface area contributed by atoms with Crippen LogP contribution >= 0.6 is 23.4 Å². The van der Waals surface area contributed by atoms with Crippen molar-refractivity contribution in [3.8, 4) is 0 Å². The maximum atomic E-state index is 13.4. The lowest BCUT2D eigenvalue weighted by Crippen LogP contribution is -2.36. The molecule has 0 unspecified atom stereocenters. The molecule has 1 N–H and O–H groups in total. The fraction of sp³-hybridized carbons (Fsp3) is 0.417. The molecule has 1 aliphatic heterocycles. The number of amides is 2. The summed E-state index contributed by atoms with van der Waals surface area (Å²) in [6.45, 7) is 3.99. The van der Waals surface area contributed by atoms with Gasteiger partial charge >= 0.3 is 0 Å². The molecule has 2 heterocycles. The minimum absolute atomic E-state index is 0.190. The molecule has 2 aromatic rings. The van der Waals surface area contributed by atoms with Crippen LogP contribution in [-0.2, 0) is 16.1 Å².